The Morgan fingerprint density at radius 2 is 1.68 bits per heavy atom. The summed E-state index contributed by atoms with van der Waals surface area (Å²) in [4.78, 5) is 0. The predicted octanol–water partition coefficient (Wildman–Crippen LogP) is 3.52. The molecule has 0 saturated carbocycles. The van der Waals surface area contributed by atoms with Crippen molar-refractivity contribution in [1.82, 2.24) is 4.57 Å². The lowest BCUT2D eigenvalue weighted by Gasteiger charge is -2.04. The van der Waals surface area contributed by atoms with Crippen LogP contribution < -0.4 is 0 Å². The molecular weight excluding hydrogens is 234 g/mol. The van der Waals surface area contributed by atoms with Crippen molar-refractivity contribution in [2.24, 2.45) is 0 Å². The Morgan fingerprint density at radius 3 is 2.42 bits per heavy atom. The molecule has 19 heavy (non-hydrogen) atoms. The summed E-state index contributed by atoms with van der Waals surface area (Å²) in [6.07, 6.45) is 1.85. The molecule has 0 aliphatic heterocycles. The van der Waals surface area contributed by atoms with Gasteiger partial charge in [-0.25, -0.2) is 0 Å². The van der Waals surface area contributed by atoms with E-state index in [0.29, 0.717) is 5.56 Å². The van der Waals surface area contributed by atoms with Gasteiger partial charge in [0.2, 0.25) is 0 Å². The first-order valence-corrected chi connectivity index (χ1v) is 5.96. The Hall–Kier alpha value is -2.86. The maximum Gasteiger partial charge on any atom is 0.141 e. The SMILES string of the molecule is N#CC(=N)c1cn(-c2ccccc2)c2ccccc12. The van der Waals surface area contributed by atoms with Gasteiger partial charge in [0.05, 0.1) is 5.52 Å². The van der Waals surface area contributed by atoms with Gasteiger partial charge in [-0.1, -0.05) is 36.4 Å². The van der Waals surface area contributed by atoms with Crippen molar-refractivity contribution in [3.63, 3.8) is 0 Å². The van der Waals surface area contributed by atoms with Crippen LogP contribution in [0.5, 0.6) is 0 Å². The number of nitriles is 1. The molecule has 3 heteroatoms. The lowest BCUT2D eigenvalue weighted by molar-refractivity contribution is 1.13. The van der Waals surface area contributed by atoms with E-state index in [1.165, 1.54) is 0 Å². The molecule has 0 bridgehead atoms. The summed E-state index contributed by atoms with van der Waals surface area (Å²) >= 11 is 0. The minimum atomic E-state index is -0.00844. The Labute approximate surface area is 110 Å². The van der Waals surface area contributed by atoms with Crippen molar-refractivity contribution >= 4 is 16.6 Å². The fourth-order valence-corrected chi connectivity index (χ4v) is 2.24. The summed E-state index contributed by atoms with van der Waals surface area (Å²) in [5, 5.41) is 17.6. The zero-order chi connectivity index (χ0) is 13.2. The molecule has 1 heterocycles. The molecular formula is C16H11N3. The van der Waals surface area contributed by atoms with Crippen LogP contribution >= 0.6 is 0 Å². The van der Waals surface area contributed by atoms with Gasteiger partial charge in [0, 0.05) is 22.8 Å². The first-order valence-electron chi connectivity index (χ1n) is 5.96. The van der Waals surface area contributed by atoms with Crippen LogP contribution in [0.25, 0.3) is 16.6 Å². The molecule has 1 aromatic heterocycles. The summed E-state index contributed by atoms with van der Waals surface area (Å²) < 4.78 is 2.01. The molecule has 3 rings (SSSR count). The van der Waals surface area contributed by atoms with E-state index in [9.17, 15) is 0 Å². The average Bonchev–Trinajstić information content (AvgIpc) is 2.87. The van der Waals surface area contributed by atoms with Gasteiger partial charge in [0.15, 0.2) is 0 Å². The lowest BCUT2D eigenvalue weighted by atomic mass is 10.1. The second-order valence-electron chi connectivity index (χ2n) is 4.25. The van der Waals surface area contributed by atoms with Crippen LogP contribution in [0, 0.1) is 16.7 Å². The monoisotopic (exact) mass is 245 g/mol. The summed E-state index contributed by atoms with van der Waals surface area (Å²) in [7, 11) is 0. The molecule has 0 aliphatic carbocycles. The van der Waals surface area contributed by atoms with Crippen LogP contribution in [0.3, 0.4) is 0 Å². The van der Waals surface area contributed by atoms with E-state index in [-0.39, 0.29) is 5.71 Å². The molecule has 0 saturated heterocycles. The first kappa shape index (κ1) is 11.2. The summed E-state index contributed by atoms with van der Waals surface area (Å²) in [5.41, 5.74) is 2.69. The van der Waals surface area contributed by atoms with Crippen LogP contribution in [-0.4, -0.2) is 10.3 Å². The highest BCUT2D eigenvalue weighted by atomic mass is 15.0. The number of rotatable bonds is 2. The number of fused-ring (bicyclic) bond motifs is 1. The second-order valence-corrected chi connectivity index (χ2v) is 4.25. The van der Waals surface area contributed by atoms with Crippen LogP contribution in [0.4, 0.5) is 0 Å². The molecule has 0 aliphatic rings. The number of hydrogen-bond acceptors (Lipinski definition) is 2. The number of aromatic nitrogens is 1. The molecule has 90 valence electrons. The van der Waals surface area contributed by atoms with Gasteiger partial charge in [-0.2, -0.15) is 5.26 Å². The van der Waals surface area contributed by atoms with Gasteiger partial charge in [0.1, 0.15) is 11.8 Å². The van der Waals surface area contributed by atoms with Crippen LogP contribution in [-0.2, 0) is 0 Å². The van der Waals surface area contributed by atoms with Crippen molar-refractivity contribution in [3.05, 3.63) is 66.4 Å². The van der Waals surface area contributed by atoms with Gasteiger partial charge in [-0.15, -0.1) is 0 Å². The normalized spacial score (nSPS) is 10.3. The number of hydrogen-bond donors (Lipinski definition) is 1. The minimum Gasteiger partial charge on any atom is -0.316 e. The summed E-state index contributed by atoms with van der Waals surface area (Å²) in [6, 6.07) is 19.6. The third-order valence-corrected chi connectivity index (χ3v) is 3.13. The van der Waals surface area contributed by atoms with Crippen LogP contribution in [0.15, 0.2) is 60.8 Å². The van der Waals surface area contributed by atoms with Crippen LogP contribution in [0.1, 0.15) is 5.56 Å². The van der Waals surface area contributed by atoms with E-state index in [2.05, 4.69) is 0 Å². The molecule has 2 aromatic carbocycles. The van der Waals surface area contributed by atoms with Gasteiger partial charge in [-0.3, -0.25) is 5.41 Å². The molecule has 0 atom stereocenters. The largest absolute Gasteiger partial charge is 0.316 e. The highest BCUT2D eigenvalue weighted by molar-refractivity contribution is 6.17. The fraction of sp³-hybridized carbons (Fsp3) is 0. The molecule has 3 aromatic rings. The highest BCUT2D eigenvalue weighted by Gasteiger charge is 2.12. The summed E-state index contributed by atoms with van der Waals surface area (Å²) in [6.45, 7) is 0. The maximum absolute atomic E-state index is 8.94. The van der Waals surface area contributed by atoms with Crippen molar-refractivity contribution in [2.45, 2.75) is 0 Å². The predicted molar refractivity (Wildman–Crippen MR) is 75.7 cm³/mol. The molecule has 0 radical (unpaired) electrons. The van der Waals surface area contributed by atoms with Gasteiger partial charge in [-0.05, 0) is 18.2 Å². The molecule has 1 N–H and O–H groups in total. The van der Waals surface area contributed by atoms with Gasteiger partial charge < -0.3 is 4.57 Å². The van der Waals surface area contributed by atoms with Crippen molar-refractivity contribution in [2.75, 3.05) is 0 Å². The molecule has 3 nitrogen and oxygen atoms in total. The Kier molecular flexibility index (Phi) is 2.62. The first-order chi connectivity index (χ1) is 9.31. The standard InChI is InChI=1S/C16H11N3/c17-10-15(18)14-11-19(12-6-2-1-3-7-12)16-9-5-4-8-13(14)16/h1-9,11,18H. The quantitative estimate of drug-likeness (QED) is 0.690. The zero-order valence-electron chi connectivity index (χ0n) is 10.2. The smallest absolute Gasteiger partial charge is 0.141 e. The number of nitrogens with one attached hydrogen (secondary N) is 1. The Morgan fingerprint density at radius 1 is 1.00 bits per heavy atom. The Bertz CT molecular complexity index is 792. The molecule has 0 amide bonds. The van der Waals surface area contributed by atoms with Gasteiger partial charge >= 0.3 is 0 Å². The molecule has 0 unspecified atom stereocenters. The van der Waals surface area contributed by atoms with E-state index in [1.54, 1.807) is 0 Å². The van der Waals surface area contributed by atoms with E-state index in [4.69, 9.17) is 10.7 Å². The minimum absolute atomic E-state index is 0.00844. The third kappa shape index (κ3) is 1.80. The second kappa shape index (κ2) is 4.43. The molecule has 0 fully saturated rings. The molecule has 0 spiro atoms. The number of para-hydroxylation sites is 2. The number of benzene rings is 2. The van der Waals surface area contributed by atoms with E-state index in [1.807, 2.05) is 71.4 Å². The average molecular weight is 245 g/mol. The highest BCUT2D eigenvalue weighted by Crippen LogP contribution is 2.24. The zero-order valence-corrected chi connectivity index (χ0v) is 10.2. The maximum atomic E-state index is 8.94. The third-order valence-electron chi connectivity index (χ3n) is 3.13. The fourth-order valence-electron chi connectivity index (χ4n) is 2.24. The van der Waals surface area contributed by atoms with Crippen molar-refractivity contribution in [3.8, 4) is 11.8 Å². The lowest BCUT2D eigenvalue weighted by Crippen LogP contribution is -1.93. The van der Waals surface area contributed by atoms with Crippen molar-refractivity contribution in [1.29, 1.82) is 10.7 Å². The van der Waals surface area contributed by atoms with Crippen molar-refractivity contribution < 1.29 is 0 Å². The van der Waals surface area contributed by atoms with Crippen LogP contribution in [0.2, 0.25) is 0 Å². The van der Waals surface area contributed by atoms with Gasteiger partial charge in [0.25, 0.3) is 0 Å². The topological polar surface area (TPSA) is 52.6 Å². The summed E-state index contributed by atoms with van der Waals surface area (Å²) in [5.74, 6) is 0. The Balaban J connectivity index is 2.33. The van der Waals surface area contributed by atoms with E-state index >= 15 is 0 Å². The van der Waals surface area contributed by atoms with E-state index < -0.39 is 0 Å². The number of nitrogens with zero attached hydrogens (tertiary/aromatic N) is 2. The van der Waals surface area contributed by atoms with E-state index in [0.717, 1.165) is 16.6 Å².